The minimum atomic E-state index is -1.82. The van der Waals surface area contributed by atoms with Gasteiger partial charge in [0.15, 0.2) is 0 Å². The van der Waals surface area contributed by atoms with Gasteiger partial charge in [-0.05, 0) is 0 Å². The zero-order valence-corrected chi connectivity index (χ0v) is 4.04. The van der Waals surface area contributed by atoms with E-state index in [2.05, 4.69) is 0 Å². The second-order valence-electron chi connectivity index (χ2n) is 0.693. The molecule has 2 N–H and O–H groups in total. The third-order valence-electron chi connectivity index (χ3n) is 0.183. The standard InChI is InChI=1S/C2H2O4.BF2/c3-1(4)2(5)6;2-1-3/h(H,3,4)(H,5,6);. The number of carboxylic acid groups (broad SMARTS) is 2. The van der Waals surface area contributed by atoms with E-state index in [9.17, 15) is 8.63 Å². The van der Waals surface area contributed by atoms with E-state index < -0.39 is 19.8 Å². The van der Waals surface area contributed by atoms with E-state index >= 15 is 0 Å². The number of halogens is 2. The van der Waals surface area contributed by atoms with E-state index in [4.69, 9.17) is 19.8 Å². The molecule has 7 heteroatoms. The van der Waals surface area contributed by atoms with E-state index in [1.165, 1.54) is 0 Å². The Labute approximate surface area is 49.4 Å². The lowest BCUT2D eigenvalue weighted by molar-refractivity contribution is -0.159. The van der Waals surface area contributed by atoms with Gasteiger partial charge in [0.05, 0.1) is 0 Å². The molecular weight excluding hydrogens is 137 g/mol. The molecule has 0 aromatic carbocycles. The molecule has 0 spiro atoms. The summed E-state index contributed by atoms with van der Waals surface area (Å²) in [6.45, 7) is 0. The second-order valence-corrected chi connectivity index (χ2v) is 0.693. The van der Waals surface area contributed by atoms with Crippen LogP contribution in [0.15, 0.2) is 0 Å². The Balaban J connectivity index is 0. The minimum Gasteiger partial charge on any atom is -0.473 e. The van der Waals surface area contributed by atoms with Crippen LogP contribution < -0.4 is 0 Å². The summed E-state index contributed by atoms with van der Waals surface area (Å²) >= 11 is 0. The molecule has 1 radical (unpaired) electrons. The van der Waals surface area contributed by atoms with Crippen molar-refractivity contribution in [1.29, 1.82) is 0 Å². The Morgan fingerprint density at radius 1 is 1.11 bits per heavy atom. The van der Waals surface area contributed by atoms with E-state index in [-0.39, 0.29) is 0 Å². The van der Waals surface area contributed by atoms with Gasteiger partial charge in [0.1, 0.15) is 0 Å². The molecule has 51 valence electrons. The first-order valence-corrected chi connectivity index (χ1v) is 1.54. The van der Waals surface area contributed by atoms with Crippen LogP contribution in [0.1, 0.15) is 0 Å². The predicted octanol–water partition coefficient (Wildman–Crippen LogP) is -0.385. The average molecular weight is 139 g/mol. The summed E-state index contributed by atoms with van der Waals surface area (Å²) in [5.41, 5.74) is 0. The lowest BCUT2D eigenvalue weighted by atomic mass is 10.6. The van der Waals surface area contributed by atoms with Gasteiger partial charge in [0, 0.05) is 0 Å². The SMILES string of the molecule is F[B]F.O=C(O)C(=O)O. The van der Waals surface area contributed by atoms with Gasteiger partial charge in [0.25, 0.3) is 0 Å². The van der Waals surface area contributed by atoms with Crippen molar-refractivity contribution >= 4 is 19.8 Å². The Morgan fingerprint density at radius 2 is 1.22 bits per heavy atom. The highest BCUT2D eigenvalue weighted by atomic mass is 19.2. The summed E-state index contributed by atoms with van der Waals surface area (Å²) in [5, 5.41) is 14.8. The van der Waals surface area contributed by atoms with Crippen LogP contribution in [0.2, 0.25) is 0 Å². The van der Waals surface area contributed by atoms with Crippen LogP contribution in [-0.2, 0) is 9.59 Å². The largest absolute Gasteiger partial charge is 0.577 e. The van der Waals surface area contributed by atoms with E-state index in [0.717, 1.165) is 0 Å². The maximum absolute atomic E-state index is 9.50. The molecule has 0 aliphatic heterocycles. The van der Waals surface area contributed by atoms with Gasteiger partial charge in [-0.3, -0.25) is 8.63 Å². The van der Waals surface area contributed by atoms with Crippen molar-refractivity contribution in [2.24, 2.45) is 0 Å². The summed E-state index contributed by atoms with van der Waals surface area (Å²) in [7, 11) is -1.00. The lowest BCUT2D eigenvalue weighted by Crippen LogP contribution is -2.09. The summed E-state index contributed by atoms with van der Waals surface area (Å²) < 4.78 is 19.0. The summed E-state index contributed by atoms with van der Waals surface area (Å²) in [6, 6.07) is 0. The first-order valence-electron chi connectivity index (χ1n) is 1.54. The van der Waals surface area contributed by atoms with Gasteiger partial charge in [-0.15, -0.1) is 0 Å². The number of rotatable bonds is 0. The Bertz CT molecular complexity index is 92.7. The van der Waals surface area contributed by atoms with Crippen molar-refractivity contribution < 1.29 is 28.4 Å². The van der Waals surface area contributed by atoms with E-state index in [0.29, 0.717) is 0 Å². The fourth-order valence-electron chi connectivity index (χ4n) is 0. The number of carboxylic acids is 2. The van der Waals surface area contributed by atoms with Crippen LogP contribution in [-0.4, -0.2) is 30.0 Å². The normalized spacial score (nSPS) is 6.44. The highest BCUT2D eigenvalue weighted by molar-refractivity contribution is 6.27. The Hall–Kier alpha value is -1.14. The smallest absolute Gasteiger partial charge is 0.473 e. The third kappa shape index (κ3) is 19.8. The van der Waals surface area contributed by atoms with Crippen molar-refractivity contribution in [3.8, 4) is 0 Å². The topological polar surface area (TPSA) is 74.6 Å². The molecule has 0 atom stereocenters. The monoisotopic (exact) mass is 139 g/mol. The fourth-order valence-corrected chi connectivity index (χ4v) is 0. The molecule has 0 aromatic heterocycles. The Kier molecular flexibility index (Phi) is 8.22. The molecule has 0 saturated carbocycles. The quantitative estimate of drug-likeness (QED) is 0.354. The summed E-state index contributed by atoms with van der Waals surface area (Å²) in [6.07, 6.45) is 0. The van der Waals surface area contributed by atoms with Crippen LogP contribution in [0.4, 0.5) is 8.63 Å². The van der Waals surface area contributed by atoms with Gasteiger partial charge in [-0.25, -0.2) is 9.59 Å². The predicted molar refractivity (Wildman–Crippen MR) is 23.2 cm³/mol. The van der Waals surface area contributed by atoms with Crippen LogP contribution in [0, 0.1) is 0 Å². The van der Waals surface area contributed by atoms with Crippen molar-refractivity contribution in [2.75, 3.05) is 0 Å². The van der Waals surface area contributed by atoms with Crippen LogP contribution in [0.25, 0.3) is 0 Å². The Morgan fingerprint density at radius 3 is 1.22 bits per heavy atom. The van der Waals surface area contributed by atoms with Gasteiger partial charge >= 0.3 is 19.8 Å². The van der Waals surface area contributed by atoms with Crippen molar-refractivity contribution in [2.45, 2.75) is 0 Å². The molecule has 0 aliphatic carbocycles. The molecule has 0 unspecified atom stereocenters. The molecule has 0 amide bonds. The average Bonchev–Trinajstić information content (AvgIpc) is 1.68. The summed E-state index contributed by atoms with van der Waals surface area (Å²) in [4.78, 5) is 18.2. The van der Waals surface area contributed by atoms with Gasteiger partial charge in [0.2, 0.25) is 0 Å². The molecule has 9 heavy (non-hydrogen) atoms. The molecule has 0 saturated heterocycles. The molecule has 0 aliphatic rings. The van der Waals surface area contributed by atoms with Crippen LogP contribution in [0.3, 0.4) is 0 Å². The van der Waals surface area contributed by atoms with E-state index in [1.54, 1.807) is 0 Å². The van der Waals surface area contributed by atoms with Crippen LogP contribution >= 0.6 is 0 Å². The fraction of sp³-hybridized carbons (Fsp3) is 0. The van der Waals surface area contributed by atoms with Crippen molar-refractivity contribution in [3.05, 3.63) is 0 Å². The zero-order chi connectivity index (χ0) is 7.86. The summed E-state index contributed by atoms with van der Waals surface area (Å²) in [5.74, 6) is -3.65. The highest BCUT2D eigenvalue weighted by Crippen LogP contribution is 1.56. The number of hydrogen-bond acceptors (Lipinski definition) is 2. The molecule has 0 fully saturated rings. The number of aliphatic carboxylic acids is 2. The number of carbonyl (C=O) groups is 2. The first kappa shape index (κ1) is 10.8. The van der Waals surface area contributed by atoms with E-state index in [1.807, 2.05) is 0 Å². The first-order chi connectivity index (χ1) is 4.06. The van der Waals surface area contributed by atoms with Gasteiger partial charge < -0.3 is 10.2 Å². The van der Waals surface area contributed by atoms with Crippen molar-refractivity contribution in [3.63, 3.8) is 0 Å². The molecule has 0 heterocycles. The molecule has 0 rings (SSSR count). The molecule has 0 bridgehead atoms. The minimum absolute atomic E-state index is 1.00. The molecule has 4 nitrogen and oxygen atoms in total. The van der Waals surface area contributed by atoms with Gasteiger partial charge in [-0.1, -0.05) is 0 Å². The second kappa shape index (κ2) is 6.86. The molecular formula is C2H2BF2O4. The lowest BCUT2D eigenvalue weighted by Gasteiger charge is -1.72. The van der Waals surface area contributed by atoms with Crippen LogP contribution in [0.5, 0.6) is 0 Å². The highest BCUT2D eigenvalue weighted by Gasteiger charge is 2.04. The maximum atomic E-state index is 9.50. The number of hydrogen-bond donors (Lipinski definition) is 2. The van der Waals surface area contributed by atoms with Crippen molar-refractivity contribution in [1.82, 2.24) is 0 Å². The van der Waals surface area contributed by atoms with Gasteiger partial charge in [-0.2, -0.15) is 0 Å². The molecule has 0 aromatic rings. The maximum Gasteiger partial charge on any atom is 0.577 e. The third-order valence-corrected chi connectivity index (χ3v) is 0.183. The zero-order valence-electron chi connectivity index (χ0n) is 4.04.